The van der Waals surface area contributed by atoms with Crippen molar-refractivity contribution < 1.29 is 9.47 Å². The Bertz CT molecular complexity index is 663. The van der Waals surface area contributed by atoms with E-state index in [0.29, 0.717) is 0 Å². The predicted molar refractivity (Wildman–Crippen MR) is 103 cm³/mol. The molecular formula is C21H28N2O2. The highest BCUT2D eigenvalue weighted by atomic mass is 16.5. The van der Waals surface area contributed by atoms with Crippen molar-refractivity contribution in [1.82, 2.24) is 4.90 Å². The molecule has 0 spiro atoms. The van der Waals surface area contributed by atoms with E-state index in [1.165, 1.54) is 16.7 Å². The lowest BCUT2D eigenvalue weighted by Crippen LogP contribution is -2.28. The van der Waals surface area contributed by atoms with Crippen LogP contribution in [-0.2, 0) is 19.3 Å². The SMILES string of the molecule is CNc1ccc(CCN2CCc3cc(OC)c(OC)cc3CC2)cc1. The van der Waals surface area contributed by atoms with Crippen molar-refractivity contribution in [3.8, 4) is 11.5 Å². The van der Waals surface area contributed by atoms with Crippen LogP contribution in [0.5, 0.6) is 11.5 Å². The number of ether oxygens (including phenoxy) is 2. The molecule has 0 atom stereocenters. The Morgan fingerprint density at radius 1 is 0.920 bits per heavy atom. The molecule has 1 aliphatic rings. The van der Waals surface area contributed by atoms with Crippen molar-refractivity contribution in [2.75, 3.05) is 46.2 Å². The summed E-state index contributed by atoms with van der Waals surface area (Å²) in [7, 11) is 5.35. The Hall–Kier alpha value is -2.20. The van der Waals surface area contributed by atoms with Gasteiger partial charge in [0.25, 0.3) is 0 Å². The smallest absolute Gasteiger partial charge is 0.161 e. The van der Waals surface area contributed by atoms with Gasteiger partial charge in [0.2, 0.25) is 0 Å². The van der Waals surface area contributed by atoms with E-state index in [1.807, 2.05) is 7.05 Å². The molecule has 1 N–H and O–H groups in total. The molecule has 25 heavy (non-hydrogen) atoms. The van der Waals surface area contributed by atoms with Gasteiger partial charge in [-0.2, -0.15) is 0 Å². The summed E-state index contributed by atoms with van der Waals surface area (Å²) >= 11 is 0. The van der Waals surface area contributed by atoms with Crippen molar-refractivity contribution in [3.05, 3.63) is 53.1 Å². The summed E-state index contributed by atoms with van der Waals surface area (Å²) in [4.78, 5) is 2.56. The van der Waals surface area contributed by atoms with Crippen LogP contribution in [0.4, 0.5) is 5.69 Å². The average molecular weight is 340 g/mol. The zero-order valence-electron chi connectivity index (χ0n) is 15.5. The molecule has 134 valence electrons. The minimum absolute atomic E-state index is 0.833. The second-order valence-corrected chi connectivity index (χ2v) is 6.51. The molecule has 0 saturated heterocycles. The van der Waals surface area contributed by atoms with Gasteiger partial charge in [0.15, 0.2) is 11.5 Å². The van der Waals surface area contributed by atoms with Crippen molar-refractivity contribution in [2.24, 2.45) is 0 Å². The summed E-state index contributed by atoms with van der Waals surface area (Å²) in [5, 5.41) is 3.17. The van der Waals surface area contributed by atoms with E-state index in [4.69, 9.17) is 9.47 Å². The van der Waals surface area contributed by atoms with Gasteiger partial charge in [0, 0.05) is 32.4 Å². The highest BCUT2D eigenvalue weighted by molar-refractivity contribution is 5.48. The van der Waals surface area contributed by atoms with Crippen LogP contribution < -0.4 is 14.8 Å². The van der Waals surface area contributed by atoms with E-state index in [0.717, 1.165) is 56.1 Å². The van der Waals surface area contributed by atoms with E-state index in [9.17, 15) is 0 Å². The first kappa shape index (κ1) is 17.6. The summed E-state index contributed by atoms with van der Waals surface area (Å²) in [6.07, 6.45) is 3.22. The fourth-order valence-corrected chi connectivity index (χ4v) is 3.45. The standard InChI is InChI=1S/C21H28N2O2/c1-22-19-6-4-16(5-7-19)8-11-23-12-9-17-14-20(24-2)21(25-3)15-18(17)10-13-23/h4-7,14-15,22H,8-13H2,1-3H3. The lowest BCUT2D eigenvalue weighted by Gasteiger charge is -2.19. The minimum Gasteiger partial charge on any atom is -0.493 e. The molecule has 1 aliphatic heterocycles. The van der Waals surface area contributed by atoms with Crippen molar-refractivity contribution in [2.45, 2.75) is 19.3 Å². The molecule has 4 nitrogen and oxygen atoms in total. The number of hydrogen-bond donors (Lipinski definition) is 1. The molecule has 0 fully saturated rings. The van der Waals surface area contributed by atoms with Crippen LogP contribution in [-0.4, -0.2) is 45.8 Å². The van der Waals surface area contributed by atoms with Gasteiger partial charge in [-0.3, -0.25) is 0 Å². The number of anilines is 1. The lowest BCUT2D eigenvalue weighted by molar-refractivity contribution is 0.291. The first-order valence-corrected chi connectivity index (χ1v) is 8.96. The van der Waals surface area contributed by atoms with Crippen LogP contribution in [0, 0.1) is 0 Å². The molecule has 0 amide bonds. The van der Waals surface area contributed by atoms with Crippen molar-refractivity contribution in [1.29, 1.82) is 0 Å². The molecule has 0 saturated carbocycles. The first-order valence-electron chi connectivity index (χ1n) is 8.96. The fraction of sp³-hybridized carbons (Fsp3) is 0.429. The Morgan fingerprint density at radius 2 is 1.48 bits per heavy atom. The van der Waals surface area contributed by atoms with E-state index in [1.54, 1.807) is 14.2 Å². The number of rotatable bonds is 6. The van der Waals surface area contributed by atoms with Crippen LogP contribution in [0.2, 0.25) is 0 Å². The average Bonchev–Trinajstić information content (AvgIpc) is 2.87. The third-order valence-electron chi connectivity index (χ3n) is 5.06. The normalized spacial score (nSPS) is 14.5. The van der Waals surface area contributed by atoms with E-state index < -0.39 is 0 Å². The lowest BCUT2D eigenvalue weighted by atomic mass is 10.0. The summed E-state index contributed by atoms with van der Waals surface area (Å²) in [6.45, 7) is 3.29. The number of nitrogens with zero attached hydrogens (tertiary/aromatic N) is 1. The molecule has 2 aromatic carbocycles. The van der Waals surface area contributed by atoms with E-state index in [-0.39, 0.29) is 0 Å². The van der Waals surface area contributed by atoms with Gasteiger partial charge in [-0.15, -0.1) is 0 Å². The monoisotopic (exact) mass is 340 g/mol. The number of methoxy groups -OCH3 is 2. The van der Waals surface area contributed by atoms with Gasteiger partial charge >= 0.3 is 0 Å². The zero-order chi connectivity index (χ0) is 17.6. The zero-order valence-corrected chi connectivity index (χ0v) is 15.5. The largest absolute Gasteiger partial charge is 0.493 e. The molecule has 1 heterocycles. The fourth-order valence-electron chi connectivity index (χ4n) is 3.45. The number of fused-ring (bicyclic) bond motifs is 1. The molecule has 0 radical (unpaired) electrons. The Kier molecular flexibility index (Phi) is 5.82. The maximum absolute atomic E-state index is 5.45. The van der Waals surface area contributed by atoms with Crippen LogP contribution in [0.1, 0.15) is 16.7 Å². The van der Waals surface area contributed by atoms with Gasteiger partial charge in [0.1, 0.15) is 0 Å². The summed E-state index contributed by atoms with van der Waals surface area (Å²) in [5.41, 5.74) is 5.33. The first-order chi connectivity index (χ1) is 12.2. The molecule has 0 aromatic heterocycles. The van der Waals surface area contributed by atoms with Crippen LogP contribution >= 0.6 is 0 Å². The second-order valence-electron chi connectivity index (χ2n) is 6.51. The van der Waals surface area contributed by atoms with Gasteiger partial charge in [-0.25, -0.2) is 0 Å². The third-order valence-corrected chi connectivity index (χ3v) is 5.06. The highest BCUT2D eigenvalue weighted by Crippen LogP contribution is 2.32. The minimum atomic E-state index is 0.833. The maximum Gasteiger partial charge on any atom is 0.161 e. The Morgan fingerprint density at radius 3 is 1.96 bits per heavy atom. The number of hydrogen-bond acceptors (Lipinski definition) is 4. The Labute approximate surface area is 150 Å². The van der Waals surface area contributed by atoms with Gasteiger partial charge in [-0.05, 0) is 60.2 Å². The molecule has 3 rings (SSSR count). The molecular weight excluding hydrogens is 312 g/mol. The molecule has 0 unspecified atom stereocenters. The van der Waals surface area contributed by atoms with Crippen molar-refractivity contribution in [3.63, 3.8) is 0 Å². The topological polar surface area (TPSA) is 33.7 Å². The molecule has 0 bridgehead atoms. The number of nitrogens with one attached hydrogen (secondary N) is 1. The third kappa shape index (κ3) is 4.26. The molecule has 0 aliphatic carbocycles. The summed E-state index contributed by atoms with van der Waals surface area (Å²) < 4.78 is 10.9. The molecule has 2 aromatic rings. The van der Waals surface area contributed by atoms with E-state index in [2.05, 4.69) is 46.6 Å². The number of benzene rings is 2. The second kappa shape index (κ2) is 8.26. The van der Waals surface area contributed by atoms with Crippen LogP contribution in [0.3, 0.4) is 0 Å². The van der Waals surface area contributed by atoms with Gasteiger partial charge < -0.3 is 19.7 Å². The maximum atomic E-state index is 5.45. The quantitative estimate of drug-likeness (QED) is 0.874. The summed E-state index contributed by atoms with van der Waals surface area (Å²) in [5.74, 6) is 1.67. The van der Waals surface area contributed by atoms with E-state index >= 15 is 0 Å². The predicted octanol–water partition coefficient (Wildman–Crippen LogP) is 3.39. The van der Waals surface area contributed by atoms with Crippen molar-refractivity contribution >= 4 is 5.69 Å². The van der Waals surface area contributed by atoms with Crippen LogP contribution in [0.15, 0.2) is 36.4 Å². The highest BCUT2D eigenvalue weighted by Gasteiger charge is 2.17. The van der Waals surface area contributed by atoms with Crippen LogP contribution in [0.25, 0.3) is 0 Å². The van der Waals surface area contributed by atoms with Gasteiger partial charge in [-0.1, -0.05) is 12.1 Å². The summed E-state index contributed by atoms with van der Waals surface area (Å²) in [6, 6.07) is 13.0. The molecule has 4 heteroatoms. The Balaban J connectivity index is 1.61. The van der Waals surface area contributed by atoms with Gasteiger partial charge in [0.05, 0.1) is 14.2 Å².